The third-order valence-electron chi connectivity index (χ3n) is 3.68. The quantitative estimate of drug-likeness (QED) is 0.790. The van der Waals surface area contributed by atoms with Gasteiger partial charge in [0.1, 0.15) is 5.82 Å². The summed E-state index contributed by atoms with van der Waals surface area (Å²) in [6, 6.07) is 6.58. The third kappa shape index (κ3) is 5.68. The van der Waals surface area contributed by atoms with E-state index in [1.165, 1.54) is 17.7 Å². The van der Waals surface area contributed by atoms with Gasteiger partial charge >= 0.3 is 0 Å². The van der Waals surface area contributed by atoms with Crippen molar-refractivity contribution in [1.82, 2.24) is 10.6 Å². The maximum absolute atomic E-state index is 13.1. The Morgan fingerprint density at radius 3 is 3.05 bits per heavy atom. The summed E-state index contributed by atoms with van der Waals surface area (Å²) in [6.45, 7) is 4.54. The van der Waals surface area contributed by atoms with Crippen LogP contribution in [0.25, 0.3) is 0 Å². The summed E-state index contributed by atoms with van der Waals surface area (Å²) in [7, 11) is 0. The fourth-order valence-electron chi connectivity index (χ4n) is 2.57. The zero-order chi connectivity index (χ0) is 15.1. The predicted octanol–water partition coefficient (Wildman–Crippen LogP) is 2.43. The van der Waals surface area contributed by atoms with Crippen LogP contribution in [-0.2, 0) is 11.2 Å². The molecule has 4 heteroatoms. The normalized spacial score (nSPS) is 16.2. The number of hydrogen-bond donors (Lipinski definition) is 2. The maximum atomic E-state index is 13.1. The highest BCUT2D eigenvalue weighted by molar-refractivity contribution is 5.76. The molecule has 1 amide bonds. The summed E-state index contributed by atoms with van der Waals surface area (Å²) in [5, 5.41) is 6.22. The molecular formula is C17H23FN2O. The van der Waals surface area contributed by atoms with Gasteiger partial charge < -0.3 is 10.6 Å². The molecule has 1 aromatic rings. The first-order chi connectivity index (χ1) is 10.1. The van der Waals surface area contributed by atoms with Gasteiger partial charge in [-0.3, -0.25) is 4.79 Å². The Kier molecular flexibility index (Phi) is 5.93. The van der Waals surface area contributed by atoms with Crippen molar-refractivity contribution < 1.29 is 9.18 Å². The van der Waals surface area contributed by atoms with Gasteiger partial charge in [-0.15, -0.1) is 0 Å². The molecule has 1 heterocycles. The molecule has 0 aromatic heterocycles. The van der Waals surface area contributed by atoms with E-state index >= 15 is 0 Å². The molecule has 2 rings (SSSR count). The van der Waals surface area contributed by atoms with Crippen molar-refractivity contribution in [2.24, 2.45) is 5.92 Å². The molecule has 0 aliphatic carbocycles. The average Bonchev–Trinajstić information content (AvgIpc) is 2.46. The molecule has 0 fully saturated rings. The van der Waals surface area contributed by atoms with E-state index in [4.69, 9.17) is 0 Å². The van der Waals surface area contributed by atoms with Crippen molar-refractivity contribution in [3.8, 4) is 0 Å². The minimum Gasteiger partial charge on any atom is -0.352 e. The highest BCUT2D eigenvalue weighted by Crippen LogP contribution is 2.13. The largest absolute Gasteiger partial charge is 0.352 e. The third-order valence-corrected chi connectivity index (χ3v) is 3.68. The second kappa shape index (κ2) is 7.93. The van der Waals surface area contributed by atoms with E-state index in [2.05, 4.69) is 16.7 Å². The molecule has 21 heavy (non-hydrogen) atoms. The molecule has 0 saturated heterocycles. The van der Waals surface area contributed by atoms with Gasteiger partial charge in [-0.2, -0.15) is 0 Å². The van der Waals surface area contributed by atoms with Crippen molar-refractivity contribution in [2.45, 2.75) is 26.2 Å². The number of halogens is 1. The van der Waals surface area contributed by atoms with E-state index < -0.39 is 0 Å². The molecule has 3 nitrogen and oxygen atoms in total. The van der Waals surface area contributed by atoms with Crippen molar-refractivity contribution in [3.63, 3.8) is 0 Å². The van der Waals surface area contributed by atoms with Crippen LogP contribution in [0.2, 0.25) is 0 Å². The minimum atomic E-state index is -0.220. The van der Waals surface area contributed by atoms with Gasteiger partial charge in [0, 0.05) is 19.5 Å². The van der Waals surface area contributed by atoms with E-state index in [1.54, 1.807) is 6.07 Å². The van der Waals surface area contributed by atoms with Crippen LogP contribution in [-0.4, -0.2) is 25.5 Å². The maximum Gasteiger partial charge on any atom is 0.220 e. The lowest BCUT2D eigenvalue weighted by molar-refractivity contribution is -0.121. The molecule has 114 valence electrons. The Bertz CT molecular complexity index is 513. The lowest BCUT2D eigenvalue weighted by atomic mass is 9.97. The van der Waals surface area contributed by atoms with Crippen LogP contribution in [0.4, 0.5) is 4.39 Å². The first kappa shape index (κ1) is 15.7. The molecule has 1 aliphatic heterocycles. The summed E-state index contributed by atoms with van der Waals surface area (Å²) in [5.74, 6) is 0.0501. The summed E-state index contributed by atoms with van der Waals surface area (Å²) in [4.78, 5) is 11.9. The van der Waals surface area contributed by atoms with Gasteiger partial charge in [-0.05, 0) is 43.0 Å². The Morgan fingerprint density at radius 1 is 1.48 bits per heavy atom. The second-order valence-electron chi connectivity index (χ2n) is 5.74. The van der Waals surface area contributed by atoms with Gasteiger partial charge in [0.15, 0.2) is 0 Å². The van der Waals surface area contributed by atoms with E-state index in [0.717, 1.165) is 31.5 Å². The lowest BCUT2D eigenvalue weighted by Gasteiger charge is -2.16. The summed E-state index contributed by atoms with van der Waals surface area (Å²) >= 11 is 0. The second-order valence-corrected chi connectivity index (χ2v) is 5.74. The van der Waals surface area contributed by atoms with E-state index in [-0.39, 0.29) is 17.6 Å². The molecule has 1 aromatic carbocycles. The number of nitrogens with one attached hydrogen (secondary N) is 2. The monoisotopic (exact) mass is 290 g/mol. The van der Waals surface area contributed by atoms with Crippen LogP contribution in [0.5, 0.6) is 0 Å². The molecule has 1 aliphatic rings. The molecule has 0 bridgehead atoms. The zero-order valence-corrected chi connectivity index (χ0v) is 12.5. The number of hydrogen-bond acceptors (Lipinski definition) is 2. The molecule has 0 spiro atoms. The predicted molar refractivity (Wildman–Crippen MR) is 82.5 cm³/mol. The van der Waals surface area contributed by atoms with E-state index in [9.17, 15) is 9.18 Å². The Labute approximate surface area is 125 Å². The summed E-state index contributed by atoms with van der Waals surface area (Å²) < 4.78 is 13.1. The van der Waals surface area contributed by atoms with Crippen LogP contribution >= 0.6 is 0 Å². The zero-order valence-electron chi connectivity index (χ0n) is 12.5. The fourth-order valence-corrected chi connectivity index (χ4v) is 2.57. The van der Waals surface area contributed by atoms with Crippen molar-refractivity contribution in [2.75, 3.05) is 19.6 Å². The van der Waals surface area contributed by atoms with Gasteiger partial charge in [0.25, 0.3) is 0 Å². The van der Waals surface area contributed by atoms with Crippen LogP contribution < -0.4 is 10.6 Å². The lowest BCUT2D eigenvalue weighted by Crippen LogP contribution is -2.30. The van der Waals surface area contributed by atoms with Crippen molar-refractivity contribution in [3.05, 3.63) is 47.3 Å². The summed E-state index contributed by atoms with van der Waals surface area (Å²) in [5.41, 5.74) is 2.23. The first-order valence-electron chi connectivity index (χ1n) is 7.53. The Morgan fingerprint density at radius 2 is 2.33 bits per heavy atom. The molecule has 1 atom stereocenters. The van der Waals surface area contributed by atoms with Gasteiger partial charge in [0.05, 0.1) is 0 Å². The van der Waals surface area contributed by atoms with Crippen LogP contribution in [0.3, 0.4) is 0 Å². The standard InChI is InChI=1S/C17H23FN2O/c1-13(9-15-3-2-4-16(18)11-15)10-17(21)20-12-14-5-7-19-8-6-14/h2-5,11,13,19H,6-10,12H2,1H3,(H,20,21). The Hall–Kier alpha value is -1.68. The minimum absolute atomic E-state index is 0.0679. The number of benzene rings is 1. The van der Waals surface area contributed by atoms with Crippen LogP contribution in [0.1, 0.15) is 25.3 Å². The fraction of sp³-hybridized carbons (Fsp3) is 0.471. The van der Waals surface area contributed by atoms with E-state index in [0.29, 0.717) is 13.0 Å². The number of rotatable bonds is 6. The SMILES string of the molecule is CC(CC(=O)NCC1=CCNCC1)Cc1cccc(F)c1. The highest BCUT2D eigenvalue weighted by atomic mass is 19.1. The van der Waals surface area contributed by atoms with Crippen LogP contribution in [0, 0.1) is 11.7 Å². The molecule has 2 N–H and O–H groups in total. The molecule has 0 saturated carbocycles. The number of carbonyl (C=O) groups is 1. The van der Waals surface area contributed by atoms with Gasteiger partial charge in [0.2, 0.25) is 5.91 Å². The molecule has 0 radical (unpaired) electrons. The molecule has 1 unspecified atom stereocenters. The van der Waals surface area contributed by atoms with E-state index in [1.807, 2.05) is 13.0 Å². The summed E-state index contributed by atoms with van der Waals surface area (Å²) in [6.07, 6.45) is 4.33. The number of carbonyl (C=O) groups excluding carboxylic acids is 1. The van der Waals surface area contributed by atoms with Gasteiger partial charge in [-0.25, -0.2) is 4.39 Å². The first-order valence-corrected chi connectivity index (χ1v) is 7.53. The van der Waals surface area contributed by atoms with Crippen LogP contribution in [0.15, 0.2) is 35.9 Å². The number of amides is 1. The van der Waals surface area contributed by atoms with Crippen molar-refractivity contribution in [1.29, 1.82) is 0 Å². The smallest absolute Gasteiger partial charge is 0.220 e. The van der Waals surface area contributed by atoms with Crippen molar-refractivity contribution >= 4 is 5.91 Å². The topological polar surface area (TPSA) is 41.1 Å². The van der Waals surface area contributed by atoms with Gasteiger partial charge in [-0.1, -0.05) is 30.7 Å². The molecular weight excluding hydrogens is 267 g/mol. The Balaban J connectivity index is 1.73. The average molecular weight is 290 g/mol. The highest BCUT2D eigenvalue weighted by Gasteiger charge is 2.11.